The molecule has 0 spiro atoms. The van der Waals surface area contributed by atoms with Crippen molar-refractivity contribution < 1.29 is 29.3 Å². The minimum atomic E-state index is -1.61. The van der Waals surface area contributed by atoms with Crippen molar-refractivity contribution in [3.8, 4) is 0 Å². The van der Waals surface area contributed by atoms with Crippen LogP contribution in [-0.4, -0.2) is 52.5 Å². The fourth-order valence-corrected chi connectivity index (χ4v) is 4.63. The number of carbonyl (C=O) groups excluding carboxylic acids is 2. The summed E-state index contributed by atoms with van der Waals surface area (Å²) < 4.78 is 11.2. The predicted octanol–water partition coefficient (Wildman–Crippen LogP) is 2.16. The van der Waals surface area contributed by atoms with Crippen LogP contribution in [0.1, 0.15) is 40.5 Å². The van der Waals surface area contributed by atoms with Crippen LogP contribution in [0.2, 0.25) is 0 Å². The molecule has 0 unspecified atom stereocenters. The lowest BCUT2D eigenvalue weighted by Crippen LogP contribution is -2.58. The first-order chi connectivity index (χ1) is 13.3. The van der Waals surface area contributed by atoms with Crippen molar-refractivity contribution in [3.05, 3.63) is 58.7 Å². The van der Waals surface area contributed by atoms with Gasteiger partial charge in [-0.3, -0.25) is 9.59 Å². The van der Waals surface area contributed by atoms with E-state index in [4.69, 9.17) is 9.47 Å². The van der Waals surface area contributed by atoms with Gasteiger partial charge in [-0.1, -0.05) is 24.3 Å². The first kappa shape index (κ1) is 17.7. The lowest BCUT2D eigenvalue weighted by molar-refractivity contribution is -0.266. The van der Waals surface area contributed by atoms with Crippen LogP contribution in [0, 0.1) is 0 Å². The molecule has 2 atom stereocenters. The number of rotatable bonds is 1. The summed E-state index contributed by atoms with van der Waals surface area (Å²) in [5.74, 6) is -2.03. The van der Waals surface area contributed by atoms with E-state index in [0.29, 0.717) is 24.3 Å². The Kier molecular flexibility index (Phi) is 3.67. The third kappa shape index (κ3) is 2.29. The Bertz CT molecular complexity index is 1060. The van der Waals surface area contributed by atoms with Gasteiger partial charge in [0.2, 0.25) is 0 Å². The maximum atomic E-state index is 13.3. The first-order valence-electron chi connectivity index (χ1n) is 9.37. The van der Waals surface area contributed by atoms with E-state index in [2.05, 4.69) is 0 Å². The monoisotopic (exact) mass is 380 g/mol. The highest BCUT2D eigenvalue weighted by Gasteiger charge is 2.57. The van der Waals surface area contributed by atoms with E-state index in [1.54, 1.807) is 19.1 Å². The van der Waals surface area contributed by atoms with E-state index in [0.717, 1.165) is 10.8 Å². The Balaban J connectivity index is 1.64. The highest BCUT2D eigenvalue weighted by atomic mass is 16.7. The molecule has 0 aromatic heterocycles. The largest absolute Gasteiger partial charge is 0.388 e. The van der Waals surface area contributed by atoms with Gasteiger partial charge in [0.15, 0.2) is 17.4 Å². The van der Waals surface area contributed by atoms with E-state index in [1.165, 1.54) is 0 Å². The number of benzene rings is 2. The van der Waals surface area contributed by atoms with Crippen LogP contribution < -0.4 is 0 Å². The summed E-state index contributed by atoms with van der Waals surface area (Å²) in [6, 6.07) is 10.9. The van der Waals surface area contributed by atoms with Crippen molar-refractivity contribution in [1.29, 1.82) is 0 Å². The SMILES string of the molecule is CC1([C@@]2(O)CC3=C(C(=O)c4cc5ccccc5cc4C3=O)[C@H](O)C2)OCCO1. The Hall–Kier alpha value is -2.38. The molecule has 2 N–H and O–H groups in total. The van der Waals surface area contributed by atoms with Crippen LogP contribution in [0.15, 0.2) is 47.5 Å². The molecule has 5 rings (SSSR count). The van der Waals surface area contributed by atoms with E-state index >= 15 is 0 Å². The summed E-state index contributed by atoms with van der Waals surface area (Å²) in [5, 5.41) is 23.7. The standard InChI is InChI=1S/C22H20O6/c1-21(27-6-7-28-21)22(26)10-16-18(17(23)11-22)20(25)15-9-13-5-3-2-4-12(13)8-14(15)19(16)24/h2-5,8-9,17,23,26H,6-7,10-11H2,1H3/t17-,22-/m1/s1. The highest BCUT2D eigenvalue weighted by molar-refractivity contribution is 6.28. The van der Waals surface area contributed by atoms with Gasteiger partial charge in [0, 0.05) is 35.1 Å². The smallest absolute Gasteiger partial charge is 0.195 e. The van der Waals surface area contributed by atoms with Crippen LogP contribution in [0.3, 0.4) is 0 Å². The molecule has 2 aromatic rings. The fourth-order valence-electron chi connectivity index (χ4n) is 4.63. The Morgan fingerprint density at radius 1 is 1.00 bits per heavy atom. The van der Waals surface area contributed by atoms with Gasteiger partial charge in [-0.05, 0) is 29.8 Å². The molecule has 0 radical (unpaired) electrons. The summed E-state index contributed by atoms with van der Waals surface area (Å²) >= 11 is 0. The van der Waals surface area contributed by atoms with Crippen LogP contribution in [0.5, 0.6) is 0 Å². The van der Waals surface area contributed by atoms with Crippen molar-refractivity contribution in [1.82, 2.24) is 0 Å². The number of Topliss-reactive ketones (excluding diaryl/α,β-unsaturated/α-hetero) is 2. The van der Waals surface area contributed by atoms with Crippen molar-refractivity contribution in [2.24, 2.45) is 0 Å². The second-order valence-corrected chi connectivity index (χ2v) is 7.87. The van der Waals surface area contributed by atoms with Crippen molar-refractivity contribution in [3.63, 3.8) is 0 Å². The Morgan fingerprint density at radius 2 is 1.57 bits per heavy atom. The topological polar surface area (TPSA) is 93.1 Å². The molecular weight excluding hydrogens is 360 g/mol. The lowest BCUT2D eigenvalue weighted by atomic mass is 9.68. The summed E-state index contributed by atoms with van der Waals surface area (Å²) in [4.78, 5) is 26.4. The second kappa shape index (κ2) is 5.81. The van der Waals surface area contributed by atoms with Crippen molar-refractivity contribution >= 4 is 22.3 Å². The second-order valence-electron chi connectivity index (χ2n) is 7.87. The quantitative estimate of drug-likeness (QED) is 0.788. The number of carbonyl (C=O) groups is 2. The van der Waals surface area contributed by atoms with Crippen LogP contribution in [0.4, 0.5) is 0 Å². The van der Waals surface area contributed by atoms with Gasteiger partial charge in [-0.2, -0.15) is 0 Å². The molecule has 0 bridgehead atoms. The van der Waals surface area contributed by atoms with E-state index in [9.17, 15) is 19.8 Å². The lowest BCUT2D eigenvalue weighted by Gasteiger charge is -2.45. The number of aliphatic hydroxyl groups excluding tert-OH is 1. The predicted molar refractivity (Wildman–Crippen MR) is 100 cm³/mol. The summed E-state index contributed by atoms with van der Waals surface area (Å²) in [6.45, 7) is 2.25. The number of ketones is 2. The molecule has 144 valence electrons. The van der Waals surface area contributed by atoms with Gasteiger partial charge in [0.05, 0.1) is 19.3 Å². The van der Waals surface area contributed by atoms with E-state index < -0.39 is 17.5 Å². The van der Waals surface area contributed by atoms with E-state index in [-0.39, 0.29) is 35.6 Å². The normalized spacial score (nSPS) is 29.2. The Morgan fingerprint density at radius 3 is 2.18 bits per heavy atom. The van der Waals surface area contributed by atoms with Crippen molar-refractivity contribution in [2.75, 3.05) is 13.2 Å². The minimum Gasteiger partial charge on any atom is -0.388 e. The maximum Gasteiger partial charge on any atom is 0.195 e. The summed E-state index contributed by atoms with van der Waals surface area (Å²) in [5.41, 5.74) is -0.774. The molecule has 2 aliphatic carbocycles. The average molecular weight is 380 g/mol. The number of aliphatic hydroxyl groups is 2. The molecule has 2 aromatic carbocycles. The van der Waals surface area contributed by atoms with E-state index in [1.807, 2.05) is 24.3 Å². The zero-order valence-electron chi connectivity index (χ0n) is 15.4. The average Bonchev–Trinajstić information content (AvgIpc) is 3.13. The zero-order chi connectivity index (χ0) is 19.7. The summed E-state index contributed by atoms with van der Waals surface area (Å²) in [7, 11) is 0. The minimum absolute atomic E-state index is 0.0825. The summed E-state index contributed by atoms with van der Waals surface area (Å²) in [6.07, 6.45) is -1.51. The van der Waals surface area contributed by atoms with Gasteiger partial charge in [-0.25, -0.2) is 0 Å². The molecule has 0 saturated carbocycles. The molecule has 1 aliphatic heterocycles. The highest BCUT2D eigenvalue weighted by Crippen LogP contribution is 2.47. The number of ether oxygens (including phenoxy) is 2. The van der Waals surface area contributed by atoms with Gasteiger partial charge < -0.3 is 19.7 Å². The molecule has 1 saturated heterocycles. The number of fused-ring (bicyclic) bond motifs is 2. The Labute approximate surface area is 161 Å². The molecule has 3 aliphatic rings. The van der Waals surface area contributed by atoms with Crippen molar-refractivity contribution in [2.45, 2.75) is 37.3 Å². The fraction of sp³-hybridized carbons (Fsp3) is 0.364. The molecular formula is C22H20O6. The molecule has 1 fully saturated rings. The molecule has 6 heteroatoms. The maximum absolute atomic E-state index is 13.3. The van der Waals surface area contributed by atoms with Gasteiger partial charge in [0.25, 0.3) is 0 Å². The molecule has 0 amide bonds. The third-order valence-electron chi connectivity index (χ3n) is 6.24. The number of hydrogen-bond acceptors (Lipinski definition) is 6. The van der Waals surface area contributed by atoms with Crippen LogP contribution in [-0.2, 0) is 9.47 Å². The third-order valence-corrected chi connectivity index (χ3v) is 6.24. The number of hydrogen-bond donors (Lipinski definition) is 2. The van der Waals surface area contributed by atoms with Gasteiger partial charge in [0.1, 0.15) is 5.60 Å². The zero-order valence-corrected chi connectivity index (χ0v) is 15.4. The molecule has 28 heavy (non-hydrogen) atoms. The molecule has 6 nitrogen and oxygen atoms in total. The van der Waals surface area contributed by atoms with Gasteiger partial charge in [-0.15, -0.1) is 0 Å². The van der Waals surface area contributed by atoms with Crippen LogP contribution in [0.25, 0.3) is 10.8 Å². The first-order valence-corrected chi connectivity index (χ1v) is 9.37. The van der Waals surface area contributed by atoms with Crippen LogP contribution >= 0.6 is 0 Å². The molecule has 1 heterocycles. The van der Waals surface area contributed by atoms with Gasteiger partial charge >= 0.3 is 0 Å².